The van der Waals surface area contributed by atoms with Gasteiger partial charge in [0.25, 0.3) is 0 Å². The van der Waals surface area contributed by atoms with E-state index in [1.54, 1.807) is 0 Å². The number of hydrogen-bond acceptors (Lipinski definition) is 2. The molecular formula is C9H14FNO2. The number of alkyl carbamates (subject to hydrolysis) is 1. The molecule has 0 unspecified atom stereocenters. The van der Waals surface area contributed by atoms with Crippen LogP contribution in [0.25, 0.3) is 0 Å². The molecule has 1 amide bonds. The summed E-state index contributed by atoms with van der Waals surface area (Å²) in [6.07, 6.45) is 2.79. The predicted octanol–water partition coefficient (Wildman–Crippen LogP) is 1.77. The third kappa shape index (κ3) is 1.49. The summed E-state index contributed by atoms with van der Waals surface area (Å²) < 4.78 is 18.5. The van der Waals surface area contributed by atoms with Crippen molar-refractivity contribution in [3.8, 4) is 0 Å². The van der Waals surface area contributed by atoms with Gasteiger partial charge in [-0.15, -0.1) is 0 Å². The van der Waals surface area contributed by atoms with Crippen molar-refractivity contribution in [2.75, 3.05) is 6.61 Å². The van der Waals surface area contributed by atoms with Crippen LogP contribution in [0.5, 0.6) is 0 Å². The van der Waals surface area contributed by atoms with Gasteiger partial charge >= 0.3 is 6.09 Å². The Morgan fingerprint density at radius 2 is 2.31 bits per heavy atom. The van der Waals surface area contributed by atoms with Gasteiger partial charge in [0.2, 0.25) is 0 Å². The van der Waals surface area contributed by atoms with Crippen molar-refractivity contribution < 1.29 is 13.9 Å². The topological polar surface area (TPSA) is 38.3 Å². The van der Waals surface area contributed by atoms with E-state index in [1.165, 1.54) is 0 Å². The highest BCUT2D eigenvalue weighted by molar-refractivity contribution is 5.70. The summed E-state index contributed by atoms with van der Waals surface area (Å²) in [4.78, 5) is 10.9. The minimum Gasteiger partial charge on any atom is -0.447 e. The minimum absolute atomic E-state index is 0.201. The van der Waals surface area contributed by atoms with Crippen LogP contribution >= 0.6 is 0 Å². The lowest BCUT2D eigenvalue weighted by molar-refractivity contribution is 0.128. The maximum absolute atomic E-state index is 13.7. The monoisotopic (exact) mass is 187 g/mol. The van der Waals surface area contributed by atoms with E-state index in [2.05, 4.69) is 5.32 Å². The SMILES string of the molecule is O=C1N[C@]2(CCCCC[C@@H]2F)CO1. The molecule has 2 fully saturated rings. The fourth-order valence-electron chi connectivity index (χ4n) is 2.15. The average molecular weight is 187 g/mol. The molecule has 74 valence electrons. The maximum Gasteiger partial charge on any atom is 0.407 e. The van der Waals surface area contributed by atoms with E-state index in [1.807, 2.05) is 0 Å². The fourth-order valence-corrected chi connectivity index (χ4v) is 2.15. The zero-order valence-corrected chi connectivity index (χ0v) is 7.51. The molecule has 1 aliphatic carbocycles. The number of amides is 1. The number of nitrogens with one attached hydrogen (secondary N) is 1. The van der Waals surface area contributed by atoms with Gasteiger partial charge in [-0.2, -0.15) is 0 Å². The first kappa shape index (κ1) is 8.78. The van der Waals surface area contributed by atoms with Crippen LogP contribution < -0.4 is 5.32 Å². The molecule has 1 spiro atoms. The third-order valence-corrected chi connectivity index (χ3v) is 2.99. The first-order valence-electron chi connectivity index (χ1n) is 4.82. The Hall–Kier alpha value is -0.800. The molecule has 0 aromatic heterocycles. The molecule has 13 heavy (non-hydrogen) atoms. The second kappa shape index (κ2) is 3.16. The van der Waals surface area contributed by atoms with E-state index in [-0.39, 0.29) is 6.61 Å². The first-order chi connectivity index (χ1) is 6.23. The first-order valence-corrected chi connectivity index (χ1v) is 4.82. The lowest BCUT2D eigenvalue weighted by Crippen LogP contribution is -2.50. The third-order valence-electron chi connectivity index (χ3n) is 2.99. The number of hydrogen-bond donors (Lipinski definition) is 1. The van der Waals surface area contributed by atoms with E-state index in [4.69, 9.17) is 4.74 Å². The van der Waals surface area contributed by atoms with E-state index in [0.717, 1.165) is 19.3 Å². The number of halogens is 1. The second-order valence-corrected chi connectivity index (χ2v) is 3.92. The number of alkyl halides is 1. The van der Waals surface area contributed by atoms with Crippen LogP contribution in [-0.4, -0.2) is 24.4 Å². The van der Waals surface area contributed by atoms with E-state index >= 15 is 0 Å². The van der Waals surface area contributed by atoms with Gasteiger partial charge in [-0.25, -0.2) is 9.18 Å². The molecule has 1 saturated carbocycles. The lowest BCUT2D eigenvalue weighted by atomic mass is 9.90. The smallest absolute Gasteiger partial charge is 0.407 e. The number of rotatable bonds is 0. The van der Waals surface area contributed by atoms with Crippen molar-refractivity contribution in [3.05, 3.63) is 0 Å². The summed E-state index contributed by atoms with van der Waals surface area (Å²) in [5.74, 6) is 0. The van der Waals surface area contributed by atoms with Gasteiger partial charge in [0.15, 0.2) is 0 Å². The molecule has 2 atom stereocenters. The summed E-state index contributed by atoms with van der Waals surface area (Å²) >= 11 is 0. The average Bonchev–Trinajstić information content (AvgIpc) is 2.38. The summed E-state index contributed by atoms with van der Waals surface area (Å²) in [6.45, 7) is 0.201. The highest BCUT2D eigenvalue weighted by Gasteiger charge is 2.46. The van der Waals surface area contributed by atoms with Crippen LogP contribution in [0.4, 0.5) is 9.18 Å². The Labute approximate surface area is 76.6 Å². The van der Waals surface area contributed by atoms with Gasteiger partial charge in [-0.3, -0.25) is 0 Å². The van der Waals surface area contributed by atoms with E-state index in [0.29, 0.717) is 12.8 Å². The van der Waals surface area contributed by atoms with Gasteiger partial charge in [0, 0.05) is 0 Å². The molecule has 1 N–H and O–H groups in total. The Balaban J connectivity index is 2.13. The van der Waals surface area contributed by atoms with E-state index in [9.17, 15) is 9.18 Å². The molecule has 0 radical (unpaired) electrons. The molecule has 1 heterocycles. The predicted molar refractivity (Wildman–Crippen MR) is 45.2 cm³/mol. The Bertz CT molecular complexity index is 222. The number of carbonyl (C=O) groups excluding carboxylic acids is 1. The molecule has 3 nitrogen and oxygen atoms in total. The molecule has 2 rings (SSSR count). The molecule has 4 heteroatoms. The largest absolute Gasteiger partial charge is 0.447 e. The molecule has 0 aromatic carbocycles. The Morgan fingerprint density at radius 1 is 1.46 bits per heavy atom. The van der Waals surface area contributed by atoms with Crippen molar-refractivity contribution in [1.29, 1.82) is 0 Å². The van der Waals surface area contributed by atoms with Crippen molar-refractivity contribution in [2.45, 2.75) is 43.8 Å². The van der Waals surface area contributed by atoms with Crippen LogP contribution in [0.2, 0.25) is 0 Å². The quantitative estimate of drug-likeness (QED) is 0.627. The Morgan fingerprint density at radius 3 is 3.00 bits per heavy atom. The van der Waals surface area contributed by atoms with Crippen LogP contribution in [0.15, 0.2) is 0 Å². The molecule has 2 aliphatic rings. The van der Waals surface area contributed by atoms with Gasteiger partial charge in [0.1, 0.15) is 18.3 Å². The maximum atomic E-state index is 13.7. The van der Waals surface area contributed by atoms with Crippen LogP contribution in [-0.2, 0) is 4.74 Å². The fraction of sp³-hybridized carbons (Fsp3) is 0.889. The van der Waals surface area contributed by atoms with Crippen LogP contribution in [0, 0.1) is 0 Å². The van der Waals surface area contributed by atoms with Gasteiger partial charge in [-0.1, -0.05) is 19.3 Å². The molecule has 0 bridgehead atoms. The molecular weight excluding hydrogens is 173 g/mol. The number of cyclic esters (lactones) is 1. The van der Waals surface area contributed by atoms with Crippen LogP contribution in [0.1, 0.15) is 32.1 Å². The van der Waals surface area contributed by atoms with Crippen molar-refractivity contribution in [3.63, 3.8) is 0 Å². The van der Waals surface area contributed by atoms with Crippen molar-refractivity contribution >= 4 is 6.09 Å². The Kier molecular flexibility index (Phi) is 2.14. The minimum atomic E-state index is -0.943. The summed E-state index contributed by atoms with van der Waals surface area (Å²) in [6, 6.07) is 0. The normalized spacial score (nSPS) is 39.8. The zero-order valence-electron chi connectivity index (χ0n) is 7.51. The van der Waals surface area contributed by atoms with Gasteiger partial charge in [0.05, 0.1) is 0 Å². The summed E-state index contributed by atoms with van der Waals surface area (Å²) in [7, 11) is 0. The van der Waals surface area contributed by atoms with Crippen LogP contribution in [0.3, 0.4) is 0 Å². The standard InChI is InChI=1S/C9H14FNO2/c10-7-4-2-1-3-5-9(7)6-13-8(12)11-9/h7H,1-6H2,(H,11,12)/t7-,9+/m0/s1. The lowest BCUT2D eigenvalue weighted by Gasteiger charge is -2.27. The summed E-state index contributed by atoms with van der Waals surface area (Å²) in [5, 5.41) is 2.62. The zero-order chi connectivity index (χ0) is 9.31. The summed E-state index contributed by atoms with van der Waals surface area (Å²) in [5.41, 5.74) is -0.701. The number of carbonyl (C=O) groups is 1. The number of ether oxygens (including phenoxy) is 1. The molecule has 0 aromatic rings. The molecule has 1 saturated heterocycles. The molecule has 1 aliphatic heterocycles. The van der Waals surface area contributed by atoms with Crippen molar-refractivity contribution in [2.24, 2.45) is 0 Å². The second-order valence-electron chi connectivity index (χ2n) is 3.92. The van der Waals surface area contributed by atoms with E-state index < -0.39 is 17.8 Å². The van der Waals surface area contributed by atoms with Gasteiger partial charge in [-0.05, 0) is 12.8 Å². The highest BCUT2D eigenvalue weighted by Crippen LogP contribution is 2.32. The van der Waals surface area contributed by atoms with Gasteiger partial charge < -0.3 is 10.1 Å². The highest BCUT2D eigenvalue weighted by atomic mass is 19.1. The van der Waals surface area contributed by atoms with Crippen molar-refractivity contribution in [1.82, 2.24) is 5.32 Å².